The maximum atomic E-state index is 4.27. The molecule has 1 heterocycles. The number of hydrogen-bond donors (Lipinski definition) is 1. The van der Waals surface area contributed by atoms with Crippen molar-refractivity contribution in [1.82, 2.24) is 4.98 Å². The molecule has 66 valence electrons. The predicted molar refractivity (Wildman–Crippen MR) is 55.5 cm³/mol. The van der Waals surface area contributed by atoms with Gasteiger partial charge in [-0.2, -0.15) is 12.6 Å². The van der Waals surface area contributed by atoms with Crippen LogP contribution in [-0.4, -0.2) is 4.98 Å². The lowest BCUT2D eigenvalue weighted by Crippen LogP contribution is -1.99. The van der Waals surface area contributed by atoms with E-state index in [1.807, 2.05) is 12.3 Å². The van der Waals surface area contributed by atoms with Gasteiger partial charge in [-0.3, -0.25) is 4.98 Å². The van der Waals surface area contributed by atoms with Crippen molar-refractivity contribution in [2.24, 2.45) is 5.92 Å². The zero-order valence-corrected chi connectivity index (χ0v) is 8.51. The molecule has 0 radical (unpaired) electrons. The van der Waals surface area contributed by atoms with Gasteiger partial charge in [0, 0.05) is 11.9 Å². The topological polar surface area (TPSA) is 12.9 Å². The Kier molecular flexibility index (Phi) is 3.60. The van der Waals surface area contributed by atoms with Crippen molar-refractivity contribution < 1.29 is 0 Å². The van der Waals surface area contributed by atoms with E-state index in [4.69, 9.17) is 0 Å². The van der Waals surface area contributed by atoms with Crippen LogP contribution in [0, 0.1) is 5.92 Å². The van der Waals surface area contributed by atoms with Crippen molar-refractivity contribution in [2.75, 3.05) is 0 Å². The summed E-state index contributed by atoms with van der Waals surface area (Å²) in [4.78, 5) is 4.27. The first-order valence-electron chi connectivity index (χ1n) is 4.27. The minimum absolute atomic E-state index is 0.688. The van der Waals surface area contributed by atoms with E-state index in [0.717, 1.165) is 17.9 Å². The van der Waals surface area contributed by atoms with E-state index < -0.39 is 0 Å². The molecule has 0 aliphatic carbocycles. The molecule has 0 unspecified atom stereocenters. The molecular weight excluding hydrogens is 166 g/mol. The van der Waals surface area contributed by atoms with Crippen LogP contribution in [0.5, 0.6) is 0 Å². The highest BCUT2D eigenvalue weighted by atomic mass is 32.1. The summed E-state index contributed by atoms with van der Waals surface area (Å²) >= 11 is 4.24. The second-order valence-corrected chi connectivity index (χ2v) is 3.68. The van der Waals surface area contributed by atoms with Crippen molar-refractivity contribution in [3.05, 3.63) is 29.6 Å². The van der Waals surface area contributed by atoms with Crippen LogP contribution in [0.4, 0.5) is 0 Å². The largest absolute Gasteiger partial charge is 0.260 e. The molecule has 1 aromatic rings. The number of pyridine rings is 1. The monoisotopic (exact) mass is 181 g/mol. The highest BCUT2D eigenvalue weighted by Gasteiger charge is 2.02. The van der Waals surface area contributed by atoms with Gasteiger partial charge in [-0.1, -0.05) is 19.9 Å². The minimum atomic E-state index is 0.688. The molecule has 0 amide bonds. The van der Waals surface area contributed by atoms with Gasteiger partial charge in [0.1, 0.15) is 0 Å². The van der Waals surface area contributed by atoms with Gasteiger partial charge in [0.05, 0.1) is 5.69 Å². The standard InChI is InChI=1S/C10H15NS/c1-8(2)6-9-4-3-5-11-10(9)7-12/h3-5,8,12H,6-7H2,1-2H3. The summed E-state index contributed by atoms with van der Waals surface area (Å²) < 4.78 is 0. The molecule has 0 bridgehead atoms. The quantitative estimate of drug-likeness (QED) is 0.707. The van der Waals surface area contributed by atoms with E-state index in [9.17, 15) is 0 Å². The molecule has 0 N–H and O–H groups in total. The summed E-state index contributed by atoms with van der Waals surface area (Å²) in [5, 5.41) is 0. The van der Waals surface area contributed by atoms with Gasteiger partial charge in [0.15, 0.2) is 0 Å². The molecule has 0 aromatic carbocycles. The van der Waals surface area contributed by atoms with Gasteiger partial charge in [0.2, 0.25) is 0 Å². The third kappa shape index (κ3) is 2.52. The summed E-state index contributed by atoms with van der Waals surface area (Å²) in [6.07, 6.45) is 2.93. The van der Waals surface area contributed by atoms with E-state index >= 15 is 0 Å². The summed E-state index contributed by atoms with van der Waals surface area (Å²) in [7, 11) is 0. The summed E-state index contributed by atoms with van der Waals surface area (Å²) in [5.74, 6) is 1.43. The molecule has 12 heavy (non-hydrogen) atoms. The van der Waals surface area contributed by atoms with Crippen LogP contribution in [-0.2, 0) is 12.2 Å². The Bertz CT molecular complexity index is 245. The maximum Gasteiger partial charge on any atom is 0.0531 e. The van der Waals surface area contributed by atoms with E-state index in [-0.39, 0.29) is 0 Å². The highest BCUT2D eigenvalue weighted by Crippen LogP contribution is 2.12. The van der Waals surface area contributed by atoms with Crippen LogP contribution < -0.4 is 0 Å². The SMILES string of the molecule is CC(C)Cc1cccnc1CS. The van der Waals surface area contributed by atoms with Gasteiger partial charge >= 0.3 is 0 Å². The van der Waals surface area contributed by atoms with Gasteiger partial charge in [-0.25, -0.2) is 0 Å². The fourth-order valence-electron chi connectivity index (χ4n) is 1.24. The maximum absolute atomic E-state index is 4.27. The van der Waals surface area contributed by atoms with Crippen LogP contribution in [0.15, 0.2) is 18.3 Å². The predicted octanol–water partition coefficient (Wildman–Crippen LogP) is 2.71. The second kappa shape index (κ2) is 4.51. The van der Waals surface area contributed by atoms with Crippen molar-refractivity contribution in [3.63, 3.8) is 0 Å². The normalized spacial score (nSPS) is 10.7. The lowest BCUT2D eigenvalue weighted by atomic mass is 10.0. The Hall–Kier alpha value is -0.500. The minimum Gasteiger partial charge on any atom is -0.260 e. The molecule has 1 aromatic heterocycles. The van der Waals surface area contributed by atoms with Crippen LogP contribution in [0.2, 0.25) is 0 Å². The second-order valence-electron chi connectivity index (χ2n) is 3.37. The van der Waals surface area contributed by atoms with E-state index in [0.29, 0.717) is 5.92 Å². The van der Waals surface area contributed by atoms with E-state index in [2.05, 4.69) is 37.5 Å². The van der Waals surface area contributed by atoms with Crippen molar-refractivity contribution in [1.29, 1.82) is 0 Å². The van der Waals surface area contributed by atoms with Crippen LogP contribution >= 0.6 is 12.6 Å². The number of hydrogen-bond acceptors (Lipinski definition) is 2. The van der Waals surface area contributed by atoms with Crippen molar-refractivity contribution in [2.45, 2.75) is 26.0 Å². The first kappa shape index (κ1) is 9.59. The third-order valence-corrected chi connectivity index (χ3v) is 2.06. The first-order valence-corrected chi connectivity index (χ1v) is 4.91. The molecule has 2 heteroatoms. The average Bonchev–Trinajstić information content (AvgIpc) is 2.04. The number of thiol groups is 1. The van der Waals surface area contributed by atoms with Crippen molar-refractivity contribution in [3.8, 4) is 0 Å². The molecule has 1 nitrogen and oxygen atoms in total. The molecule has 0 fully saturated rings. The Balaban J connectivity index is 2.82. The van der Waals surface area contributed by atoms with Crippen molar-refractivity contribution >= 4 is 12.6 Å². The number of nitrogens with zero attached hydrogens (tertiary/aromatic N) is 1. The molecule has 0 spiro atoms. The molecule has 0 saturated carbocycles. The Labute approximate surface area is 79.6 Å². The first-order chi connectivity index (χ1) is 5.74. The molecular formula is C10H15NS. The lowest BCUT2D eigenvalue weighted by Gasteiger charge is -2.07. The van der Waals surface area contributed by atoms with E-state index in [1.54, 1.807) is 0 Å². The zero-order chi connectivity index (χ0) is 8.97. The van der Waals surface area contributed by atoms with Gasteiger partial charge in [-0.15, -0.1) is 0 Å². The average molecular weight is 181 g/mol. The number of rotatable bonds is 3. The molecule has 0 aliphatic rings. The third-order valence-electron chi connectivity index (χ3n) is 1.76. The van der Waals surface area contributed by atoms with Gasteiger partial charge in [0.25, 0.3) is 0 Å². The van der Waals surface area contributed by atoms with Crippen LogP contribution in [0.1, 0.15) is 25.1 Å². The summed E-state index contributed by atoms with van der Waals surface area (Å²) in [6, 6.07) is 4.13. The Morgan fingerprint density at radius 1 is 1.50 bits per heavy atom. The smallest absolute Gasteiger partial charge is 0.0531 e. The Morgan fingerprint density at radius 3 is 2.83 bits per heavy atom. The zero-order valence-electron chi connectivity index (χ0n) is 7.62. The molecule has 1 rings (SSSR count). The van der Waals surface area contributed by atoms with E-state index in [1.165, 1.54) is 5.56 Å². The summed E-state index contributed by atoms with van der Waals surface area (Å²) in [5.41, 5.74) is 2.46. The lowest BCUT2D eigenvalue weighted by molar-refractivity contribution is 0.642. The summed E-state index contributed by atoms with van der Waals surface area (Å²) in [6.45, 7) is 4.44. The number of aromatic nitrogens is 1. The fourth-order valence-corrected chi connectivity index (χ4v) is 1.52. The molecule has 0 atom stereocenters. The van der Waals surface area contributed by atoms with Gasteiger partial charge in [-0.05, 0) is 24.0 Å². The van der Waals surface area contributed by atoms with Gasteiger partial charge < -0.3 is 0 Å². The molecule has 0 aliphatic heterocycles. The van der Waals surface area contributed by atoms with Crippen LogP contribution in [0.3, 0.4) is 0 Å². The van der Waals surface area contributed by atoms with Crippen LogP contribution in [0.25, 0.3) is 0 Å². The highest BCUT2D eigenvalue weighted by molar-refractivity contribution is 7.79. The molecule has 0 saturated heterocycles. The Morgan fingerprint density at radius 2 is 2.25 bits per heavy atom. The fraction of sp³-hybridized carbons (Fsp3) is 0.500.